The zero-order valence-corrected chi connectivity index (χ0v) is 12.8. The first-order valence-corrected chi connectivity index (χ1v) is 8.25. The van der Waals surface area contributed by atoms with Crippen molar-refractivity contribution < 1.29 is 34.0 Å². The summed E-state index contributed by atoms with van der Waals surface area (Å²) in [5.74, 6) is -1.95. The summed E-state index contributed by atoms with van der Waals surface area (Å²) >= 11 is 0. The third-order valence-corrected chi connectivity index (χ3v) is 4.37. The van der Waals surface area contributed by atoms with E-state index in [9.17, 15) is 19.0 Å². The first-order chi connectivity index (χ1) is 10.2. The molecule has 2 atom stereocenters. The predicted molar refractivity (Wildman–Crippen MR) is 78.0 cm³/mol. The van der Waals surface area contributed by atoms with Gasteiger partial charge in [-0.15, -0.1) is 0 Å². The van der Waals surface area contributed by atoms with Crippen LogP contribution in [-0.4, -0.2) is 40.2 Å². The summed E-state index contributed by atoms with van der Waals surface area (Å²) in [5.41, 5.74) is 0.529. The Morgan fingerprint density at radius 3 is 2.32 bits per heavy atom. The minimum atomic E-state index is -3.97. The van der Waals surface area contributed by atoms with Gasteiger partial charge in [0, 0.05) is 6.42 Å². The lowest BCUT2D eigenvalue weighted by Gasteiger charge is -2.19. The lowest BCUT2D eigenvalue weighted by Crippen LogP contribution is -2.35. The number of methoxy groups -OCH3 is 1. The number of carboxylic acids is 2. The van der Waals surface area contributed by atoms with Gasteiger partial charge < -0.3 is 19.8 Å². The number of aliphatic carboxylic acids is 2. The Balaban J connectivity index is 2.71. The van der Waals surface area contributed by atoms with Crippen molar-refractivity contribution in [1.82, 2.24) is 5.09 Å². The fraction of sp³-hybridized carbons (Fsp3) is 0.385. The molecule has 0 spiro atoms. The summed E-state index contributed by atoms with van der Waals surface area (Å²) in [6.07, 6.45) is -0.960. The molecule has 2 unspecified atom stereocenters. The van der Waals surface area contributed by atoms with Crippen LogP contribution >= 0.6 is 7.52 Å². The van der Waals surface area contributed by atoms with Crippen molar-refractivity contribution in [2.24, 2.45) is 0 Å². The topological polar surface area (TPSA) is 133 Å². The molecule has 0 aliphatic rings. The fourth-order valence-electron chi connectivity index (χ4n) is 1.78. The Bertz CT molecular complexity index is 572. The van der Waals surface area contributed by atoms with Crippen molar-refractivity contribution in [2.45, 2.75) is 25.0 Å². The van der Waals surface area contributed by atoms with Crippen LogP contribution < -0.4 is 9.82 Å². The second kappa shape index (κ2) is 7.93. The van der Waals surface area contributed by atoms with Gasteiger partial charge in [-0.3, -0.25) is 14.2 Å². The number of hydrogen-bond donors (Lipinski definition) is 4. The van der Waals surface area contributed by atoms with Crippen LogP contribution in [0.4, 0.5) is 0 Å². The van der Waals surface area contributed by atoms with Crippen molar-refractivity contribution >= 4 is 19.5 Å². The van der Waals surface area contributed by atoms with Crippen molar-refractivity contribution in [3.8, 4) is 5.75 Å². The maximum atomic E-state index is 12.1. The monoisotopic (exact) mass is 331 g/mol. The number of ether oxygens (including phenoxy) is 1. The molecule has 0 saturated carbocycles. The van der Waals surface area contributed by atoms with Gasteiger partial charge in [0.05, 0.1) is 13.3 Å². The van der Waals surface area contributed by atoms with E-state index in [0.717, 1.165) is 0 Å². The Hall–Kier alpha value is -1.89. The van der Waals surface area contributed by atoms with Gasteiger partial charge >= 0.3 is 11.9 Å². The van der Waals surface area contributed by atoms with Gasteiger partial charge in [0.2, 0.25) is 0 Å². The molecule has 1 aromatic carbocycles. The molecule has 1 rings (SSSR count). The van der Waals surface area contributed by atoms with Gasteiger partial charge in [-0.2, -0.15) is 0 Å². The number of carbonyl (C=O) groups is 2. The second-order valence-corrected chi connectivity index (χ2v) is 6.64. The van der Waals surface area contributed by atoms with Crippen LogP contribution in [0.2, 0.25) is 0 Å². The summed E-state index contributed by atoms with van der Waals surface area (Å²) in [6.45, 7) is 0. The molecule has 8 nitrogen and oxygen atoms in total. The van der Waals surface area contributed by atoms with Crippen LogP contribution in [-0.2, 0) is 20.3 Å². The van der Waals surface area contributed by atoms with Crippen LogP contribution in [0.15, 0.2) is 24.3 Å². The second-order valence-electron chi connectivity index (χ2n) is 4.66. The highest BCUT2D eigenvalue weighted by Gasteiger charge is 2.28. The number of carboxylic acid groups (broad SMARTS) is 2. The summed E-state index contributed by atoms with van der Waals surface area (Å²) in [7, 11) is -2.48. The van der Waals surface area contributed by atoms with E-state index >= 15 is 0 Å². The number of hydrogen-bond acceptors (Lipinski definition) is 4. The minimum Gasteiger partial charge on any atom is -0.497 e. The Morgan fingerprint density at radius 1 is 1.27 bits per heavy atom. The Morgan fingerprint density at radius 2 is 1.86 bits per heavy atom. The zero-order chi connectivity index (χ0) is 16.8. The molecule has 1 aromatic rings. The first-order valence-electron chi connectivity index (χ1n) is 6.40. The standard InChI is InChI=1S/C13H18NO7P/c1-21-10-4-2-9(3-5-10)8-22(19,20)14-11(13(17)18)6-7-12(15)16/h2-5,11H,6-8H2,1H3,(H,15,16)(H,17,18)(H2,14,19,20). The van der Waals surface area contributed by atoms with Crippen molar-refractivity contribution in [3.63, 3.8) is 0 Å². The van der Waals surface area contributed by atoms with Gasteiger partial charge in [0.15, 0.2) is 0 Å². The molecule has 0 aromatic heterocycles. The van der Waals surface area contributed by atoms with Crippen LogP contribution in [0, 0.1) is 0 Å². The van der Waals surface area contributed by atoms with Crippen LogP contribution in [0.1, 0.15) is 18.4 Å². The van der Waals surface area contributed by atoms with E-state index in [2.05, 4.69) is 5.09 Å². The fourth-order valence-corrected chi connectivity index (χ4v) is 3.30. The lowest BCUT2D eigenvalue weighted by atomic mass is 10.2. The Kier molecular flexibility index (Phi) is 6.55. The molecule has 22 heavy (non-hydrogen) atoms. The highest BCUT2D eigenvalue weighted by Crippen LogP contribution is 2.41. The Labute approximate surface area is 127 Å². The molecule has 0 fully saturated rings. The summed E-state index contributed by atoms with van der Waals surface area (Å²) in [6, 6.07) is 5.03. The molecule has 0 aliphatic carbocycles. The van der Waals surface area contributed by atoms with E-state index in [4.69, 9.17) is 14.9 Å². The summed E-state index contributed by atoms with van der Waals surface area (Å²) in [5, 5.41) is 19.7. The minimum absolute atomic E-state index is 0.270. The van der Waals surface area contributed by atoms with Gasteiger partial charge in [0.1, 0.15) is 11.8 Å². The lowest BCUT2D eigenvalue weighted by molar-refractivity contribution is -0.140. The number of nitrogens with one attached hydrogen (secondary N) is 1. The molecule has 0 heterocycles. The van der Waals surface area contributed by atoms with E-state index in [-0.39, 0.29) is 12.6 Å². The third kappa shape index (κ3) is 6.26. The van der Waals surface area contributed by atoms with E-state index in [1.165, 1.54) is 7.11 Å². The average molecular weight is 331 g/mol. The molecular weight excluding hydrogens is 313 g/mol. The SMILES string of the molecule is COc1ccc(CP(=O)(O)NC(CCC(=O)O)C(=O)O)cc1. The average Bonchev–Trinajstić information content (AvgIpc) is 2.43. The van der Waals surface area contributed by atoms with Crippen molar-refractivity contribution in [3.05, 3.63) is 29.8 Å². The number of benzene rings is 1. The van der Waals surface area contributed by atoms with Gasteiger partial charge in [-0.25, -0.2) is 5.09 Å². The molecule has 0 amide bonds. The normalized spacial score (nSPS) is 14.8. The quantitative estimate of drug-likeness (QED) is 0.497. The van der Waals surface area contributed by atoms with Crippen molar-refractivity contribution in [2.75, 3.05) is 7.11 Å². The van der Waals surface area contributed by atoms with Crippen LogP contribution in [0.3, 0.4) is 0 Å². The summed E-state index contributed by atoms with van der Waals surface area (Å²) < 4.78 is 17.1. The van der Waals surface area contributed by atoms with E-state index in [1.54, 1.807) is 24.3 Å². The van der Waals surface area contributed by atoms with Crippen LogP contribution in [0.25, 0.3) is 0 Å². The molecule has 0 bridgehead atoms. The van der Waals surface area contributed by atoms with Gasteiger partial charge in [-0.1, -0.05) is 12.1 Å². The van der Waals surface area contributed by atoms with E-state index in [1.807, 2.05) is 0 Å². The largest absolute Gasteiger partial charge is 0.497 e. The highest BCUT2D eigenvalue weighted by atomic mass is 31.2. The van der Waals surface area contributed by atoms with Crippen molar-refractivity contribution in [1.29, 1.82) is 0 Å². The molecule has 9 heteroatoms. The highest BCUT2D eigenvalue weighted by molar-refractivity contribution is 7.55. The smallest absolute Gasteiger partial charge is 0.321 e. The van der Waals surface area contributed by atoms with Gasteiger partial charge in [-0.05, 0) is 24.1 Å². The third-order valence-electron chi connectivity index (χ3n) is 2.86. The molecule has 0 saturated heterocycles. The molecule has 0 aliphatic heterocycles. The van der Waals surface area contributed by atoms with E-state index < -0.39 is 31.9 Å². The zero-order valence-electron chi connectivity index (χ0n) is 11.9. The maximum Gasteiger partial charge on any atom is 0.321 e. The van der Waals surface area contributed by atoms with E-state index in [0.29, 0.717) is 11.3 Å². The molecular formula is C13H18NO7P. The van der Waals surface area contributed by atoms with Gasteiger partial charge in [0.25, 0.3) is 7.52 Å². The predicted octanol–water partition coefficient (Wildman–Crippen LogP) is 1.29. The summed E-state index contributed by atoms with van der Waals surface area (Å²) in [4.78, 5) is 31.4. The maximum absolute atomic E-state index is 12.1. The number of rotatable bonds is 9. The van der Waals surface area contributed by atoms with Crippen LogP contribution in [0.5, 0.6) is 5.75 Å². The molecule has 4 N–H and O–H groups in total. The molecule has 122 valence electrons. The molecule has 0 radical (unpaired) electrons. The first kappa shape index (κ1) is 18.2.